The van der Waals surface area contributed by atoms with Gasteiger partial charge >= 0.3 is 5.97 Å². The van der Waals surface area contributed by atoms with E-state index in [2.05, 4.69) is 30.6 Å². The highest BCUT2D eigenvalue weighted by atomic mass is 16.5. The summed E-state index contributed by atoms with van der Waals surface area (Å²) >= 11 is 0. The molecule has 3 nitrogen and oxygen atoms in total. The minimum absolute atomic E-state index is 0.322. The van der Waals surface area contributed by atoms with Gasteiger partial charge in [-0.3, -0.25) is 4.98 Å². The quantitative estimate of drug-likeness (QED) is 0.785. The number of carbonyl (C=O) groups excluding carboxylic acids is 1. The van der Waals surface area contributed by atoms with Crippen LogP contribution >= 0.6 is 0 Å². The van der Waals surface area contributed by atoms with E-state index >= 15 is 0 Å². The molecule has 3 heteroatoms. The third kappa shape index (κ3) is 3.44. The van der Waals surface area contributed by atoms with Crippen molar-refractivity contribution in [2.24, 2.45) is 5.92 Å². The number of nitrogens with zero attached hydrogens (tertiary/aromatic N) is 1. The molecule has 104 valence electrons. The van der Waals surface area contributed by atoms with Gasteiger partial charge in [-0.15, -0.1) is 0 Å². The van der Waals surface area contributed by atoms with Crippen LogP contribution in [0.4, 0.5) is 0 Å². The molecule has 0 bridgehead atoms. The monoisotopic (exact) mass is 269 g/mol. The maximum absolute atomic E-state index is 11.7. The number of aromatic nitrogens is 1. The van der Waals surface area contributed by atoms with Crippen LogP contribution in [-0.2, 0) is 11.2 Å². The molecule has 0 N–H and O–H groups in total. The molecule has 0 saturated carbocycles. The number of pyridine rings is 1. The summed E-state index contributed by atoms with van der Waals surface area (Å²) in [4.78, 5) is 15.8. The molecule has 1 aromatic rings. The first-order chi connectivity index (χ1) is 9.60. The summed E-state index contributed by atoms with van der Waals surface area (Å²) in [6, 6.07) is 1.84. The second-order valence-corrected chi connectivity index (χ2v) is 4.92. The molecule has 0 fully saturated rings. The SMILES string of the molecule is C=C1C=CC(Cc2cncc(C(=O)OCC)c2)=CC1C. The topological polar surface area (TPSA) is 39.2 Å². The smallest absolute Gasteiger partial charge is 0.339 e. The zero-order valence-corrected chi connectivity index (χ0v) is 11.9. The molecule has 20 heavy (non-hydrogen) atoms. The minimum atomic E-state index is -0.322. The van der Waals surface area contributed by atoms with E-state index in [0.29, 0.717) is 18.1 Å². The Bertz CT molecular complexity index is 584. The van der Waals surface area contributed by atoms with Crippen molar-refractivity contribution >= 4 is 5.97 Å². The molecule has 0 saturated heterocycles. The Morgan fingerprint density at radius 1 is 1.40 bits per heavy atom. The van der Waals surface area contributed by atoms with Gasteiger partial charge in [0.2, 0.25) is 0 Å². The maximum Gasteiger partial charge on any atom is 0.339 e. The Hall–Kier alpha value is -2.16. The van der Waals surface area contributed by atoms with Gasteiger partial charge in [-0.2, -0.15) is 0 Å². The lowest BCUT2D eigenvalue weighted by Gasteiger charge is -2.15. The van der Waals surface area contributed by atoms with E-state index in [1.807, 2.05) is 12.1 Å². The third-order valence-electron chi connectivity index (χ3n) is 3.27. The van der Waals surface area contributed by atoms with Crippen LogP contribution < -0.4 is 0 Å². The van der Waals surface area contributed by atoms with Gasteiger partial charge < -0.3 is 4.74 Å². The Morgan fingerprint density at radius 2 is 2.20 bits per heavy atom. The van der Waals surface area contributed by atoms with Crippen LogP contribution in [0, 0.1) is 5.92 Å². The number of hydrogen-bond acceptors (Lipinski definition) is 3. The number of rotatable bonds is 4. The Morgan fingerprint density at radius 3 is 2.90 bits per heavy atom. The second-order valence-electron chi connectivity index (χ2n) is 4.92. The molecule has 1 atom stereocenters. The molecular weight excluding hydrogens is 250 g/mol. The van der Waals surface area contributed by atoms with Crippen molar-refractivity contribution in [3.05, 3.63) is 65.5 Å². The first-order valence-electron chi connectivity index (χ1n) is 6.78. The van der Waals surface area contributed by atoms with Crippen LogP contribution in [0.1, 0.15) is 29.8 Å². The van der Waals surface area contributed by atoms with Crippen molar-refractivity contribution in [2.45, 2.75) is 20.3 Å². The molecule has 0 radical (unpaired) electrons. The fourth-order valence-electron chi connectivity index (χ4n) is 2.11. The summed E-state index contributed by atoms with van der Waals surface area (Å²) in [5.41, 5.74) is 3.84. The first-order valence-corrected chi connectivity index (χ1v) is 6.78. The van der Waals surface area contributed by atoms with Gasteiger partial charge in [0.15, 0.2) is 0 Å². The van der Waals surface area contributed by atoms with Crippen molar-refractivity contribution in [3.63, 3.8) is 0 Å². The van der Waals surface area contributed by atoms with E-state index in [0.717, 1.165) is 17.6 Å². The van der Waals surface area contributed by atoms with Crippen LogP contribution in [-0.4, -0.2) is 17.6 Å². The van der Waals surface area contributed by atoms with E-state index in [-0.39, 0.29) is 5.97 Å². The number of carbonyl (C=O) groups is 1. The van der Waals surface area contributed by atoms with E-state index < -0.39 is 0 Å². The van der Waals surface area contributed by atoms with Crippen molar-refractivity contribution in [1.82, 2.24) is 4.98 Å². The van der Waals surface area contributed by atoms with Crippen molar-refractivity contribution < 1.29 is 9.53 Å². The van der Waals surface area contributed by atoms with Crippen LogP contribution in [0.15, 0.2) is 54.4 Å². The van der Waals surface area contributed by atoms with Crippen LogP contribution in [0.5, 0.6) is 0 Å². The van der Waals surface area contributed by atoms with E-state index in [4.69, 9.17) is 4.74 Å². The lowest BCUT2D eigenvalue weighted by molar-refractivity contribution is 0.0525. The van der Waals surface area contributed by atoms with Crippen LogP contribution in [0.3, 0.4) is 0 Å². The van der Waals surface area contributed by atoms with Gasteiger partial charge in [-0.1, -0.05) is 31.7 Å². The molecule has 1 aliphatic carbocycles. The normalized spacial score (nSPS) is 17.8. The van der Waals surface area contributed by atoms with Gasteiger partial charge in [0.25, 0.3) is 0 Å². The molecule has 2 rings (SSSR count). The largest absolute Gasteiger partial charge is 0.462 e. The summed E-state index contributed by atoms with van der Waals surface area (Å²) in [5.74, 6) is 0.0351. The molecule has 1 aliphatic rings. The van der Waals surface area contributed by atoms with Crippen molar-refractivity contribution in [2.75, 3.05) is 6.61 Å². The highest BCUT2D eigenvalue weighted by molar-refractivity contribution is 5.89. The lowest BCUT2D eigenvalue weighted by Crippen LogP contribution is -2.06. The molecule has 0 aliphatic heterocycles. The number of hydrogen-bond donors (Lipinski definition) is 0. The lowest BCUT2D eigenvalue weighted by atomic mass is 9.91. The predicted octanol–water partition coefficient (Wildman–Crippen LogP) is 3.49. The van der Waals surface area contributed by atoms with Gasteiger partial charge in [-0.05, 0) is 42.0 Å². The zero-order chi connectivity index (χ0) is 14.5. The Labute approximate surface area is 119 Å². The van der Waals surface area contributed by atoms with Crippen molar-refractivity contribution in [3.8, 4) is 0 Å². The predicted molar refractivity (Wildman–Crippen MR) is 79.4 cm³/mol. The number of allylic oxidation sites excluding steroid dienone is 5. The van der Waals surface area contributed by atoms with Crippen LogP contribution in [0.2, 0.25) is 0 Å². The van der Waals surface area contributed by atoms with Gasteiger partial charge in [0.1, 0.15) is 0 Å². The zero-order valence-electron chi connectivity index (χ0n) is 11.9. The molecule has 1 heterocycles. The maximum atomic E-state index is 11.7. The van der Waals surface area contributed by atoms with Gasteiger partial charge in [0.05, 0.1) is 12.2 Å². The molecular formula is C17H19NO2. The van der Waals surface area contributed by atoms with E-state index in [1.54, 1.807) is 13.1 Å². The fraction of sp³-hybridized carbons (Fsp3) is 0.294. The second kappa shape index (κ2) is 6.33. The summed E-state index contributed by atoms with van der Waals surface area (Å²) in [7, 11) is 0. The molecule has 1 aromatic heterocycles. The molecule has 0 spiro atoms. The van der Waals surface area contributed by atoms with E-state index in [1.165, 1.54) is 11.8 Å². The minimum Gasteiger partial charge on any atom is -0.462 e. The number of ether oxygens (including phenoxy) is 1. The summed E-state index contributed by atoms with van der Waals surface area (Å²) in [5, 5.41) is 0. The number of esters is 1. The highest BCUT2D eigenvalue weighted by Gasteiger charge is 2.11. The summed E-state index contributed by atoms with van der Waals surface area (Å²) in [6.07, 6.45) is 10.4. The average molecular weight is 269 g/mol. The summed E-state index contributed by atoms with van der Waals surface area (Å²) < 4.78 is 4.98. The van der Waals surface area contributed by atoms with E-state index in [9.17, 15) is 4.79 Å². The first kappa shape index (κ1) is 14.3. The highest BCUT2D eigenvalue weighted by Crippen LogP contribution is 2.22. The van der Waals surface area contributed by atoms with Crippen LogP contribution in [0.25, 0.3) is 0 Å². The van der Waals surface area contributed by atoms with Gasteiger partial charge in [-0.25, -0.2) is 4.79 Å². The molecule has 0 aromatic carbocycles. The molecule has 0 amide bonds. The average Bonchev–Trinajstić information content (AvgIpc) is 2.43. The third-order valence-corrected chi connectivity index (χ3v) is 3.27. The Kier molecular flexibility index (Phi) is 4.51. The summed E-state index contributed by atoms with van der Waals surface area (Å²) in [6.45, 7) is 8.28. The van der Waals surface area contributed by atoms with Crippen molar-refractivity contribution in [1.29, 1.82) is 0 Å². The molecule has 1 unspecified atom stereocenters. The van der Waals surface area contributed by atoms with Gasteiger partial charge in [0, 0.05) is 12.4 Å². The standard InChI is InChI=1S/C17H19NO2/c1-4-20-17(19)16-9-15(10-18-11-16)8-14-6-5-12(2)13(3)7-14/h5-7,9-11,13H,2,4,8H2,1,3H3. The fourth-order valence-corrected chi connectivity index (χ4v) is 2.11. The Balaban J connectivity index is 2.13.